The van der Waals surface area contributed by atoms with Crippen molar-refractivity contribution < 1.29 is 4.79 Å². The Bertz CT molecular complexity index is 717. The lowest BCUT2D eigenvalue weighted by Crippen LogP contribution is -2.06. The molecule has 1 heterocycles. The number of anilines is 1. The summed E-state index contributed by atoms with van der Waals surface area (Å²) in [6, 6.07) is 12.1. The summed E-state index contributed by atoms with van der Waals surface area (Å²) >= 11 is 0. The first-order valence-electron chi connectivity index (χ1n) is 6.66. The van der Waals surface area contributed by atoms with Crippen LogP contribution in [0.2, 0.25) is 0 Å². The number of para-hydroxylation sites is 1. The molecule has 1 N–H and O–H groups in total. The fourth-order valence-electron chi connectivity index (χ4n) is 2.55. The zero-order chi connectivity index (χ0) is 14.1. The number of amides is 1. The van der Waals surface area contributed by atoms with Crippen LogP contribution in [0.4, 0.5) is 11.4 Å². The number of aliphatic imine (C=N–C) groups is 1. The molecule has 2 aromatic rings. The van der Waals surface area contributed by atoms with Crippen molar-refractivity contribution in [3.05, 3.63) is 58.7 Å². The third kappa shape index (κ3) is 2.11. The first-order valence-corrected chi connectivity index (χ1v) is 6.66. The molecule has 1 amide bonds. The van der Waals surface area contributed by atoms with Crippen LogP contribution in [0.3, 0.4) is 0 Å². The fraction of sp³-hybridized carbons (Fsp3) is 0.176. The van der Waals surface area contributed by atoms with E-state index in [-0.39, 0.29) is 0 Å². The van der Waals surface area contributed by atoms with Crippen LogP contribution in [-0.4, -0.2) is 12.1 Å². The molecule has 0 aliphatic carbocycles. The van der Waals surface area contributed by atoms with E-state index in [1.807, 2.05) is 24.3 Å². The summed E-state index contributed by atoms with van der Waals surface area (Å²) in [4.78, 5) is 15.4. The molecule has 0 fully saturated rings. The predicted molar refractivity (Wildman–Crippen MR) is 81.9 cm³/mol. The third-order valence-corrected chi connectivity index (χ3v) is 3.76. The maximum atomic E-state index is 10.7. The molecule has 1 aliphatic heterocycles. The van der Waals surface area contributed by atoms with Gasteiger partial charge < -0.3 is 5.32 Å². The molecule has 3 rings (SSSR count). The Kier molecular flexibility index (Phi) is 3.11. The average molecular weight is 264 g/mol. The lowest BCUT2D eigenvalue weighted by molar-refractivity contribution is -0.105. The molecule has 0 radical (unpaired) electrons. The van der Waals surface area contributed by atoms with Gasteiger partial charge >= 0.3 is 0 Å². The van der Waals surface area contributed by atoms with E-state index < -0.39 is 0 Å². The smallest absolute Gasteiger partial charge is 0.211 e. The molecular weight excluding hydrogens is 248 g/mol. The Labute approximate surface area is 118 Å². The summed E-state index contributed by atoms with van der Waals surface area (Å²) < 4.78 is 0. The minimum Gasteiger partial charge on any atom is -0.328 e. The normalized spacial score (nSPS) is 12.8. The molecule has 0 saturated heterocycles. The highest BCUT2D eigenvalue weighted by Gasteiger charge is 2.18. The number of hydrogen-bond acceptors (Lipinski definition) is 2. The Hall–Kier alpha value is -2.42. The molecule has 0 bridgehead atoms. The molecule has 100 valence electrons. The van der Waals surface area contributed by atoms with Crippen molar-refractivity contribution in [1.29, 1.82) is 0 Å². The summed E-state index contributed by atoms with van der Waals surface area (Å²) in [5, 5.41) is 2.74. The summed E-state index contributed by atoms with van der Waals surface area (Å²) in [5.74, 6) is 0. The van der Waals surface area contributed by atoms with Gasteiger partial charge in [-0.2, -0.15) is 0 Å². The molecule has 1 aliphatic rings. The van der Waals surface area contributed by atoms with Gasteiger partial charge in [-0.3, -0.25) is 9.79 Å². The molecule has 20 heavy (non-hydrogen) atoms. The van der Waals surface area contributed by atoms with E-state index in [1.165, 1.54) is 16.7 Å². The summed E-state index contributed by atoms with van der Waals surface area (Å²) in [6.45, 7) is 4.22. The van der Waals surface area contributed by atoms with Crippen LogP contribution in [0.25, 0.3) is 0 Å². The topological polar surface area (TPSA) is 41.5 Å². The fourth-order valence-corrected chi connectivity index (χ4v) is 2.55. The maximum absolute atomic E-state index is 10.7. The van der Waals surface area contributed by atoms with E-state index >= 15 is 0 Å². The summed E-state index contributed by atoms with van der Waals surface area (Å²) in [5.41, 5.74) is 7.66. The van der Waals surface area contributed by atoms with Gasteiger partial charge in [0.1, 0.15) is 0 Å². The second-order valence-corrected chi connectivity index (χ2v) is 5.11. The first-order chi connectivity index (χ1) is 9.69. The molecule has 0 unspecified atom stereocenters. The number of nitrogens with zero attached hydrogens (tertiary/aromatic N) is 1. The molecule has 0 spiro atoms. The minimum absolute atomic E-state index is 0.704. The average Bonchev–Trinajstić information content (AvgIpc) is 2.83. The van der Waals surface area contributed by atoms with E-state index in [4.69, 9.17) is 4.99 Å². The summed E-state index contributed by atoms with van der Waals surface area (Å²) in [7, 11) is 0. The highest BCUT2D eigenvalue weighted by molar-refractivity contribution is 6.10. The van der Waals surface area contributed by atoms with Crippen molar-refractivity contribution in [1.82, 2.24) is 0 Å². The molecule has 2 aromatic carbocycles. The Morgan fingerprint density at radius 3 is 2.70 bits per heavy atom. The molecule has 0 saturated carbocycles. The van der Waals surface area contributed by atoms with E-state index in [1.54, 1.807) is 0 Å². The maximum Gasteiger partial charge on any atom is 0.211 e. The number of fused-ring (bicyclic) bond motifs is 1. The Morgan fingerprint density at radius 1 is 1.15 bits per heavy atom. The van der Waals surface area contributed by atoms with Crippen LogP contribution in [0.5, 0.6) is 0 Å². The number of carbonyl (C=O) groups excluding carboxylic acids is 1. The lowest BCUT2D eigenvalue weighted by Gasteiger charge is -2.07. The van der Waals surface area contributed by atoms with Crippen LogP contribution in [0.15, 0.2) is 41.4 Å². The van der Waals surface area contributed by atoms with E-state index in [0.717, 1.165) is 29.1 Å². The highest BCUT2D eigenvalue weighted by Crippen LogP contribution is 2.32. The second kappa shape index (κ2) is 4.93. The SMILES string of the molecule is Cc1cc2c(cc1C)N=C(c1ccccc1NC=O)C2. The van der Waals surface area contributed by atoms with Crippen molar-refractivity contribution in [2.45, 2.75) is 20.3 Å². The number of carbonyl (C=O) groups is 1. The van der Waals surface area contributed by atoms with Gasteiger partial charge in [-0.25, -0.2) is 0 Å². The molecule has 3 heteroatoms. The molecule has 0 aromatic heterocycles. The monoisotopic (exact) mass is 264 g/mol. The first kappa shape index (κ1) is 12.6. The Balaban J connectivity index is 2.02. The summed E-state index contributed by atoms with van der Waals surface area (Å²) in [6.07, 6.45) is 1.52. The van der Waals surface area contributed by atoms with Gasteiger partial charge in [0.2, 0.25) is 6.41 Å². The quantitative estimate of drug-likeness (QED) is 0.846. The van der Waals surface area contributed by atoms with Crippen molar-refractivity contribution in [2.75, 3.05) is 5.32 Å². The van der Waals surface area contributed by atoms with Gasteiger partial charge in [0, 0.05) is 17.7 Å². The van der Waals surface area contributed by atoms with Gasteiger partial charge in [-0.1, -0.05) is 24.3 Å². The van der Waals surface area contributed by atoms with E-state index in [2.05, 4.69) is 31.3 Å². The highest BCUT2D eigenvalue weighted by atomic mass is 16.1. The van der Waals surface area contributed by atoms with Crippen molar-refractivity contribution in [3.8, 4) is 0 Å². The molecule has 0 atom stereocenters. The van der Waals surface area contributed by atoms with Crippen molar-refractivity contribution in [3.63, 3.8) is 0 Å². The van der Waals surface area contributed by atoms with Gasteiger partial charge in [0.05, 0.1) is 11.4 Å². The number of aryl methyl sites for hydroxylation is 2. The number of rotatable bonds is 3. The lowest BCUT2D eigenvalue weighted by atomic mass is 10.00. The van der Waals surface area contributed by atoms with Crippen molar-refractivity contribution >= 4 is 23.5 Å². The van der Waals surface area contributed by atoms with Crippen molar-refractivity contribution in [2.24, 2.45) is 4.99 Å². The molecule has 3 nitrogen and oxygen atoms in total. The van der Waals surface area contributed by atoms with Crippen LogP contribution in [0.1, 0.15) is 22.3 Å². The van der Waals surface area contributed by atoms with Gasteiger partial charge in [-0.05, 0) is 42.7 Å². The van der Waals surface area contributed by atoms with Crippen LogP contribution in [-0.2, 0) is 11.2 Å². The largest absolute Gasteiger partial charge is 0.328 e. The minimum atomic E-state index is 0.704. The van der Waals surface area contributed by atoms with E-state index in [0.29, 0.717) is 6.41 Å². The number of hydrogen-bond donors (Lipinski definition) is 1. The van der Waals surface area contributed by atoms with E-state index in [9.17, 15) is 4.79 Å². The van der Waals surface area contributed by atoms with Gasteiger partial charge in [0.25, 0.3) is 0 Å². The van der Waals surface area contributed by atoms with Crippen LogP contribution >= 0.6 is 0 Å². The van der Waals surface area contributed by atoms with Gasteiger partial charge in [-0.15, -0.1) is 0 Å². The zero-order valence-electron chi connectivity index (χ0n) is 11.6. The zero-order valence-corrected chi connectivity index (χ0v) is 11.6. The predicted octanol–water partition coefficient (Wildman–Crippen LogP) is 3.55. The number of nitrogens with one attached hydrogen (secondary N) is 1. The van der Waals surface area contributed by atoms with Crippen LogP contribution in [0, 0.1) is 13.8 Å². The second-order valence-electron chi connectivity index (χ2n) is 5.11. The molecular formula is C17H16N2O. The Morgan fingerprint density at radius 2 is 1.90 bits per heavy atom. The van der Waals surface area contributed by atoms with Gasteiger partial charge in [0.15, 0.2) is 0 Å². The third-order valence-electron chi connectivity index (χ3n) is 3.76. The van der Waals surface area contributed by atoms with Crippen LogP contribution < -0.4 is 5.32 Å². The number of benzene rings is 2. The standard InChI is InChI=1S/C17H16N2O/c1-11-7-13-9-17(19-16(13)8-12(11)2)14-5-3-4-6-15(14)18-10-20/h3-8,10H,9H2,1-2H3,(H,18,20).